The number of carbonyl (C=O) groups excluding carboxylic acids is 1. The van der Waals surface area contributed by atoms with E-state index < -0.39 is 0 Å². The van der Waals surface area contributed by atoms with Crippen molar-refractivity contribution < 1.29 is 14.1 Å². The van der Waals surface area contributed by atoms with Crippen LogP contribution in [0.3, 0.4) is 0 Å². The van der Waals surface area contributed by atoms with Crippen molar-refractivity contribution in [1.29, 1.82) is 0 Å². The molecule has 0 aliphatic carbocycles. The van der Waals surface area contributed by atoms with Crippen molar-refractivity contribution in [2.45, 2.75) is 32.7 Å². The molecule has 110 valence electrons. The van der Waals surface area contributed by atoms with Crippen LogP contribution in [-0.2, 0) is 12.8 Å². The normalized spacial score (nSPS) is 14.4. The number of hydrogen-bond acceptors (Lipinski definition) is 4. The number of rotatable bonds is 4. The zero-order valence-electron chi connectivity index (χ0n) is 12.2. The fraction of sp³-hybridized carbons (Fsp3) is 0.375. The molecule has 21 heavy (non-hydrogen) atoms. The molecule has 0 radical (unpaired) electrons. The molecule has 0 saturated heterocycles. The van der Waals surface area contributed by atoms with Crippen molar-refractivity contribution in [2.24, 2.45) is 0 Å². The van der Waals surface area contributed by atoms with E-state index in [-0.39, 0.29) is 11.9 Å². The highest BCUT2D eigenvalue weighted by Crippen LogP contribution is 2.26. The fourth-order valence-corrected chi connectivity index (χ4v) is 2.59. The minimum absolute atomic E-state index is 0.0344. The Balaban J connectivity index is 1.63. The summed E-state index contributed by atoms with van der Waals surface area (Å²) in [5, 5.41) is 6.59. The molecule has 1 aliphatic heterocycles. The maximum absolute atomic E-state index is 12.1. The summed E-state index contributed by atoms with van der Waals surface area (Å²) in [6.07, 6.45) is 3.19. The minimum Gasteiger partial charge on any atom is -0.493 e. The van der Waals surface area contributed by atoms with Crippen LogP contribution in [0, 0.1) is 6.92 Å². The van der Waals surface area contributed by atoms with Crippen molar-refractivity contribution in [1.82, 2.24) is 10.5 Å². The first-order valence-electron chi connectivity index (χ1n) is 7.10. The van der Waals surface area contributed by atoms with Crippen molar-refractivity contribution in [3.8, 4) is 5.75 Å². The van der Waals surface area contributed by atoms with Crippen molar-refractivity contribution >= 4 is 5.91 Å². The average molecular weight is 286 g/mol. The van der Waals surface area contributed by atoms with Gasteiger partial charge in [-0.2, -0.15) is 0 Å². The van der Waals surface area contributed by atoms with Crippen molar-refractivity contribution in [2.75, 3.05) is 6.61 Å². The standard InChI is InChI=1S/C16H18N2O3/c1-10(18-16(19)14-9-17-21-11(14)2)7-12-3-4-15-13(8-12)5-6-20-15/h3-4,8-10H,5-7H2,1-2H3,(H,18,19). The third-order valence-corrected chi connectivity index (χ3v) is 3.67. The molecule has 2 aromatic rings. The Labute approximate surface area is 123 Å². The van der Waals surface area contributed by atoms with Gasteiger partial charge in [-0.25, -0.2) is 0 Å². The summed E-state index contributed by atoms with van der Waals surface area (Å²) in [4.78, 5) is 12.1. The predicted octanol–water partition coefficient (Wildman–Crippen LogP) is 2.28. The smallest absolute Gasteiger partial charge is 0.256 e. The zero-order chi connectivity index (χ0) is 14.8. The SMILES string of the molecule is Cc1oncc1C(=O)NC(C)Cc1ccc2c(c1)CCO2. The number of hydrogen-bond donors (Lipinski definition) is 1. The molecule has 3 rings (SSSR count). The van der Waals surface area contributed by atoms with E-state index >= 15 is 0 Å². The highest BCUT2D eigenvalue weighted by atomic mass is 16.5. The van der Waals surface area contributed by atoms with Gasteiger partial charge in [-0.1, -0.05) is 17.3 Å². The van der Waals surface area contributed by atoms with E-state index in [2.05, 4.69) is 22.6 Å². The van der Waals surface area contributed by atoms with Crippen LogP contribution in [0.5, 0.6) is 5.75 Å². The molecule has 1 aromatic heterocycles. The van der Waals surface area contributed by atoms with Crippen LogP contribution in [0.1, 0.15) is 34.2 Å². The van der Waals surface area contributed by atoms with Crippen LogP contribution in [0.2, 0.25) is 0 Å². The lowest BCUT2D eigenvalue weighted by Gasteiger charge is -2.14. The first-order chi connectivity index (χ1) is 10.1. The molecule has 5 nitrogen and oxygen atoms in total. The molecular weight excluding hydrogens is 268 g/mol. The number of nitrogens with zero attached hydrogens (tertiary/aromatic N) is 1. The largest absolute Gasteiger partial charge is 0.493 e. The Morgan fingerprint density at radius 1 is 1.48 bits per heavy atom. The Kier molecular flexibility index (Phi) is 3.64. The summed E-state index contributed by atoms with van der Waals surface area (Å²) in [7, 11) is 0. The minimum atomic E-state index is -0.147. The van der Waals surface area contributed by atoms with Gasteiger partial charge in [-0.05, 0) is 37.5 Å². The third kappa shape index (κ3) is 2.91. The second-order valence-electron chi connectivity index (χ2n) is 5.41. The molecule has 1 amide bonds. The van der Waals surface area contributed by atoms with E-state index in [1.54, 1.807) is 6.92 Å². The van der Waals surface area contributed by atoms with Crippen LogP contribution in [0.4, 0.5) is 0 Å². The number of aromatic nitrogens is 1. The molecule has 1 aromatic carbocycles. The number of nitrogens with one attached hydrogen (secondary N) is 1. The van der Waals surface area contributed by atoms with E-state index in [1.807, 2.05) is 13.0 Å². The number of benzene rings is 1. The average Bonchev–Trinajstić information content (AvgIpc) is 3.06. The highest BCUT2D eigenvalue weighted by Gasteiger charge is 2.17. The first-order valence-corrected chi connectivity index (χ1v) is 7.10. The molecule has 1 aliphatic rings. The topological polar surface area (TPSA) is 64.4 Å². The van der Waals surface area contributed by atoms with Gasteiger partial charge in [0.1, 0.15) is 17.1 Å². The Bertz CT molecular complexity index is 663. The molecule has 0 saturated carbocycles. The summed E-state index contributed by atoms with van der Waals surface area (Å²) in [5.74, 6) is 1.37. The molecule has 5 heteroatoms. The number of fused-ring (bicyclic) bond motifs is 1. The number of carbonyl (C=O) groups is 1. The van der Waals surface area contributed by atoms with E-state index in [0.29, 0.717) is 11.3 Å². The van der Waals surface area contributed by atoms with Gasteiger partial charge >= 0.3 is 0 Å². The Morgan fingerprint density at radius 2 is 2.33 bits per heavy atom. The van der Waals surface area contributed by atoms with E-state index in [0.717, 1.165) is 25.2 Å². The zero-order valence-corrected chi connectivity index (χ0v) is 12.2. The van der Waals surface area contributed by atoms with E-state index in [9.17, 15) is 4.79 Å². The summed E-state index contributed by atoms with van der Waals surface area (Å²) in [5.41, 5.74) is 2.94. The molecular formula is C16H18N2O3. The quantitative estimate of drug-likeness (QED) is 0.936. The number of aryl methyl sites for hydroxylation is 1. The fourth-order valence-electron chi connectivity index (χ4n) is 2.59. The molecule has 0 spiro atoms. The van der Waals surface area contributed by atoms with Gasteiger partial charge in [0.15, 0.2) is 0 Å². The van der Waals surface area contributed by atoms with Crippen LogP contribution >= 0.6 is 0 Å². The van der Waals surface area contributed by atoms with Crippen molar-refractivity contribution in [3.05, 3.63) is 46.8 Å². The molecule has 1 atom stereocenters. The lowest BCUT2D eigenvalue weighted by molar-refractivity contribution is 0.0938. The second-order valence-corrected chi connectivity index (χ2v) is 5.41. The molecule has 2 heterocycles. The lowest BCUT2D eigenvalue weighted by Crippen LogP contribution is -2.34. The van der Waals surface area contributed by atoms with Gasteiger partial charge in [-0.15, -0.1) is 0 Å². The second kappa shape index (κ2) is 5.60. The summed E-state index contributed by atoms with van der Waals surface area (Å²) in [6, 6.07) is 6.26. The van der Waals surface area contributed by atoms with E-state index in [1.165, 1.54) is 17.3 Å². The predicted molar refractivity (Wildman–Crippen MR) is 77.5 cm³/mol. The van der Waals surface area contributed by atoms with Crippen LogP contribution < -0.4 is 10.1 Å². The van der Waals surface area contributed by atoms with Crippen LogP contribution in [0.15, 0.2) is 28.9 Å². The monoisotopic (exact) mass is 286 g/mol. The molecule has 0 fully saturated rings. The Hall–Kier alpha value is -2.30. The summed E-state index contributed by atoms with van der Waals surface area (Å²) < 4.78 is 10.4. The maximum Gasteiger partial charge on any atom is 0.256 e. The van der Waals surface area contributed by atoms with Crippen LogP contribution in [-0.4, -0.2) is 23.7 Å². The number of ether oxygens (including phenoxy) is 1. The van der Waals surface area contributed by atoms with Gasteiger partial charge in [0.25, 0.3) is 5.91 Å². The summed E-state index contributed by atoms with van der Waals surface area (Å²) in [6.45, 7) is 4.48. The third-order valence-electron chi connectivity index (χ3n) is 3.67. The van der Waals surface area contributed by atoms with Gasteiger partial charge < -0.3 is 14.6 Å². The van der Waals surface area contributed by atoms with Crippen LogP contribution in [0.25, 0.3) is 0 Å². The highest BCUT2D eigenvalue weighted by molar-refractivity contribution is 5.94. The summed E-state index contributed by atoms with van der Waals surface area (Å²) >= 11 is 0. The molecule has 1 N–H and O–H groups in total. The van der Waals surface area contributed by atoms with Gasteiger partial charge in [0.2, 0.25) is 0 Å². The van der Waals surface area contributed by atoms with Gasteiger partial charge in [0.05, 0.1) is 12.8 Å². The maximum atomic E-state index is 12.1. The van der Waals surface area contributed by atoms with Gasteiger partial charge in [0, 0.05) is 12.5 Å². The lowest BCUT2D eigenvalue weighted by atomic mass is 10.0. The van der Waals surface area contributed by atoms with Crippen molar-refractivity contribution in [3.63, 3.8) is 0 Å². The first kappa shape index (κ1) is 13.7. The van der Waals surface area contributed by atoms with Gasteiger partial charge in [-0.3, -0.25) is 4.79 Å². The Morgan fingerprint density at radius 3 is 3.10 bits per heavy atom. The van der Waals surface area contributed by atoms with E-state index in [4.69, 9.17) is 9.26 Å². The number of amides is 1. The molecule has 1 unspecified atom stereocenters. The molecule has 0 bridgehead atoms.